The summed E-state index contributed by atoms with van der Waals surface area (Å²) >= 11 is 0. The highest BCUT2D eigenvalue weighted by Gasteiger charge is 2.24. The Labute approximate surface area is 114 Å². The van der Waals surface area contributed by atoms with Crippen molar-refractivity contribution in [2.75, 3.05) is 6.54 Å². The zero-order chi connectivity index (χ0) is 13.9. The van der Waals surface area contributed by atoms with Crippen molar-refractivity contribution in [3.05, 3.63) is 36.0 Å². The minimum atomic E-state index is -0.0804. The molecule has 19 heavy (non-hydrogen) atoms. The molecular formula is C16H22N2O. The van der Waals surface area contributed by atoms with Gasteiger partial charge in [-0.1, -0.05) is 39.0 Å². The minimum absolute atomic E-state index is 0.0804. The number of amides is 1. The van der Waals surface area contributed by atoms with E-state index in [-0.39, 0.29) is 11.3 Å². The molecule has 0 aliphatic rings. The number of fused-ring (bicyclic) bond motifs is 1. The van der Waals surface area contributed by atoms with Crippen LogP contribution in [0.25, 0.3) is 10.9 Å². The highest BCUT2D eigenvalue weighted by molar-refractivity contribution is 5.84. The zero-order valence-electron chi connectivity index (χ0n) is 11.9. The number of carbonyl (C=O) groups excluding carboxylic acids is 1. The molecule has 3 heteroatoms. The summed E-state index contributed by atoms with van der Waals surface area (Å²) in [4.78, 5) is 14.9. The van der Waals surface area contributed by atoms with Crippen molar-refractivity contribution in [2.24, 2.45) is 0 Å². The van der Waals surface area contributed by atoms with Gasteiger partial charge in [-0.05, 0) is 18.1 Å². The molecule has 102 valence electrons. The number of carbonyl (C=O) groups is 1. The summed E-state index contributed by atoms with van der Waals surface area (Å²) in [6, 6.07) is 8.27. The van der Waals surface area contributed by atoms with Crippen LogP contribution in [0.2, 0.25) is 0 Å². The quantitative estimate of drug-likeness (QED) is 0.848. The number of rotatable bonds is 5. The van der Waals surface area contributed by atoms with Gasteiger partial charge in [-0.25, -0.2) is 0 Å². The van der Waals surface area contributed by atoms with E-state index in [0.29, 0.717) is 13.0 Å². The summed E-state index contributed by atoms with van der Waals surface area (Å²) in [6.07, 6.45) is 3.54. The molecule has 1 amide bonds. The van der Waals surface area contributed by atoms with E-state index in [2.05, 4.69) is 42.5 Å². The molecule has 1 aromatic heterocycles. The van der Waals surface area contributed by atoms with E-state index in [0.717, 1.165) is 11.9 Å². The molecular weight excluding hydrogens is 236 g/mol. The van der Waals surface area contributed by atoms with Crippen LogP contribution in [0.15, 0.2) is 30.5 Å². The molecule has 0 radical (unpaired) electrons. The minimum Gasteiger partial charge on any atom is -0.361 e. The van der Waals surface area contributed by atoms with Gasteiger partial charge in [0, 0.05) is 35.5 Å². The zero-order valence-corrected chi connectivity index (χ0v) is 11.9. The van der Waals surface area contributed by atoms with Gasteiger partial charge in [-0.3, -0.25) is 4.79 Å². The van der Waals surface area contributed by atoms with Crippen LogP contribution in [-0.2, 0) is 10.2 Å². The Morgan fingerprint density at radius 1 is 1.32 bits per heavy atom. The largest absolute Gasteiger partial charge is 0.361 e. The predicted octanol–water partition coefficient (Wildman–Crippen LogP) is 3.36. The maximum Gasteiger partial charge on any atom is 0.220 e. The second-order valence-electron chi connectivity index (χ2n) is 5.66. The van der Waals surface area contributed by atoms with Gasteiger partial charge < -0.3 is 10.3 Å². The van der Waals surface area contributed by atoms with E-state index in [1.165, 1.54) is 10.9 Å². The molecule has 0 saturated carbocycles. The van der Waals surface area contributed by atoms with E-state index in [1.54, 1.807) is 0 Å². The highest BCUT2D eigenvalue weighted by Crippen LogP contribution is 2.29. The van der Waals surface area contributed by atoms with Gasteiger partial charge in [0.1, 0.15) is 0 Å². The Bertz CT molecular complexity index is 569. The summed E-state index contributed by atoms with van der Waals surface area (Å²) in [5, 5.41) is 4.26. The lowest BCUT2D eigenvalue weighted by Gasteiger charge is -2.25. The maximum absolute atomic E-state index is 11.6. The van der Waals surface area contributed by atoms with Crippen molar-refractivity contribution in [1.82, 2.24) is 10.3 Å². The van der Waals surface area contributed by atoms with E-state index in [9.17, 15) is 4.79 Å². The summed E-state index contributed by atoms with van der Waals surface area (Å²) in [6.45, 7) is 7.00. The van der Waals surface area contributed by atoms with Crippen LogP contribution in [0.3, 0.4) is 0 Å². The number of benzene rings is 1. The molecule has 0 spiro atoms. The van der Waals surface area contributed by atoms with Crippen molar-refractivity contribution >= 4 is 16.8 Å². The second kappa shape index (κ2) is 5.47. The monoisotopic (exact) mass is 258 g/mol. The van der Waals surface area contributed by atoms with Gasteiger partial charge in [0.05, 0.1) is 0 Å². The SMILES string of the molecule is CCCC(=O)NCC(C)(C)c1c[nH]c2ccccc12. The topological polar surface area (TPSA) is 44.9 Å². The van der Waals surface area contributed by atoms with E-state index in [1.807, 2.05) is 19.1 Å². The number of hydrogen-bond donors (Lipinski definition) is 2. The fourth-order valence-corrected chi connectivity index (χ4v) is 2.36. The Morgan fingerprint density at radius 3 is 2.79 bits per heavy atom. The first-order chi connectivity index (χ1) is 9.04. The number of hydrogen-bond acceptors (Lipinski definition) is 1. The van der Waals surface area contributed by atoms with Gasteiger partial charge in [-0.15, -0.1) is 0 Å². The lowest BCUT2D eigenvalue weighted by molar-refractivity contribution is -0.121. The second-order valence-corrected chi connectivity index (χ2v) is 5.66. The fraction of sp³-hybridized carbons (Fsp3) is 0.438. The van der Waals surface area contributed by atoms with Gasteiger partial charge in [0.2, 0.25) is 5.91 Å². The average Bonchev–Trinajstić information content (AvgIpc) is 2.81. The van der Waals surface area contributed by atoms with Crippen LogP contribution in [0.4, 0.5) is 0 Å². The van der Waals surface area contributed by atoms with Crippen LogP contribution in [-0.4, -0.2) is 17.4 Å². The van der Waals surface area contributed by atoms with E-state index in [4.69, 9.17) is 0 Å². The Balaban J connectivity index is 2.17. The van der Waals surface area contributed by atoms with Crippen molar-refractivity contribution in [2.45, 2.75) is 39.0 Å². The molecule has 2 N–H and O–H groups in total. The average molecular weight is 258 g/mol. The van der Waals surface area contributed by atoms with Gasteiger partial charge in [0.25, 0.3) is 0 Å². The van der Waals surface area contributed by atoms with E-state index < -0.39 is 0 Å². The third kappa shape index (κ3) is 2.98. The number of nitrogens with one attached hydrogen (secondary N) is 2. The van der Waals surface area contributed by atoms with Crippen LogP contribution < -0.4 is 5.32 Å². The molecule has 0 bridgehead atoms. The highest BCUT2D eigenvalue weighted by atomic mass is 16.1. The van der Waals surface area contributed by atoms with Crippen molar-refractivity contribution in [3.63, 3.8) is 0 Å². The van der Waals surface area contributed by atoms with Crippen LogP contribution in [0.1, 0.15) is 39.2 Å². The molecule has 0 aliphatic carbocycles. The summed E-state index contributed by atoms with van der Waals surface area (Å²) in [5.41, 5.74) is 2.31. The number of H-pyrrole nitrogens is 1. The lowest BCUT2D eigenvalue weighted by atomic mass is 9.84. The van der Waals surface area contributed by atoms with Crippen molar-refractivity contribution in [3.8, 4) is 0 Å². The number of para-hydroxylation sites is 1. The first-order valence-corrected chi connectivity index (χ1v) is 6.88. The molecule has 0 atom stereocenters. The predicted molar refractivity (Wildman–Crippen MR) is 79.2 cm³/mol. The first-order valence-electron chi connectivity index (χ1n) is 6.88. The number of aromatic nitrogens is 1. The summed E-state index contributed by atoms with van der Waals surface area (Å²) in [7, 11) is 0. The van der Waals surface area contributed by atoms with E-state index >= 15 is 0 Å². The Hall–Kier alpha value is -1.77. The molecule has 1 heterocycles. The molecule has 2 aromatic rings. The molecule has 0 saturated heterocycles. The molecule has 0 unspecified atom stereocenters. The number of aromatic amines is 1. The third-order valence-electron chi connectivity index (χ3n) is 3.52. The summed E-state index contributed by atoms with van der Waals surface area (Å²) < 4.78 is 0. The maximum atomic E-state index is 11.6. The van der Waals surface area contributed by atoms with Crippen LogP contribution in [0.5, 0.6) is 0 Å². The van der Waals surface area contributed by atoms with Gasteiger partial charge in [0.15, 0.2) is 0 Å². The smallest absolute Gasteiger partial charge is 0.220 e. The van der Waals surface area contributed by atoms with Crippen molar-refractivity contribution in [1.29, 1.82) is 0 Å². The lowest BCUT2D eigenvalue weighted by Crippen LogP contribution is -2.36. The normalized spacial score (nSPS) is 11.7. The summed E-state index contributed by atoms with van der Waals surface area (Å²) in [5.74, 6) is 0.135. The molecule has 1 aromatic carbocycles. The molecule has 3 nitrogen and oxygen atoms in total. The van der Waals surface area contributed by atoms with Gasteiger partial charge >= 0.3 is 0 Å². The molecule has 2 rings (SSSR count). The fourth-order valence-electron chi connectivity index (χ4n) is 2.36. The van der Waals surface area contributed by atoms with Crippen LogP contribution >= 0.6 is 0 Å². The first kappa shape index (κ1) is 13.7. The molecule has 0 fully saturated rings. The van der Waals surface area contributed by atoms with Crippen LogP contribution in [0, 0.1) is 0 Å². The Kier molecular flexibility index (Phi) is 3.93. The standard InChI is InChI=1S/C16H22N2O/c1-4-7-15(19)18-11-16(2,3)13-10-17-14-9-6-5-8-12(13)14/h5-6,8-10,17H,4,7,11H2,1-3H3,(H,18,19). The molecule has 0 aliphatic heterocycles. The third-order valence-corrected chi connectivity index (χ3v) is 3.52. The van der Waals surface area contributed by atoms with Gasteiger partial charge in [-0.2, -0.15) is 0 Å². The van der Waals surface area contributed by atoms with Crippen molar-refractivity contribution < 1.29 is 4.79 Å². The Morgan fingerprint density at radius 2 is 2.05 bits per heavy atom.